The van der Waals surface area contributed by atoms with Crippen molar-refractivity contribution in [2.45, 2.75) is 78.4 Å². The van der Waals surface area contributed by atoms with Gasteiger partial charge in [-0.25, -0.2) is 0 Å². The molecule has 0 aliphatic heterocycles. The number of carbonyl (C=O) groups excluding carboxylic acids is 2. The number of ether oxygens (including phenoxy) is 1. The lowest BCUT2D eigenvalue weighted by Gasteiger charge is -2.31. The van der Waals surface area contributed by atoms with Crippen LogP contribution in [-0.4, -0.2) is 59.0 Å². The molecule has 0 radical (unpaired) electrons. The molecule has 0 saturated heterocycles. The average molecular weight is 470 g/mol. The fourth-order valence-electron chi connectivity index (χ4n) is 4.07. The Bertz CT molecular complexity index is 848. The summed E-state index contributed by atoms with van der Waals surface area (Å²) in [4.78, 5) is 29.9. The number of carbonyl (C=O) groups is 2. The number of hydrogen-bond acceptors (Lipinski definition) is 3. The molecule has 188 valence electrons. The molecule has 0 saturated carbocycles. The van der Waals surface area contributed by atoms with Crippen LogP contribution in [0.2, 0.25) is 0 Å². The van der Waals surface area contributed by atoms with Crippen LogP contribution in [0.15, 0.2) is 48.7 Å². The first kappa shape index (κ1) is 27.6. The average Bonchev–Trinajstić information content (AvgIpc) is 3.26. The van der Waals surface area contributed by atoms with Gasteiger partial charge in [-0.05, 0) is 44.4 Å². The van der Waals surface area contributed by atoms with E-state index in [2.05, 4.69) is 35.9 Å². The van der Waals surface area contributed by atoms with Gasteiger partial charge >= 0.3 is 0 Å². The number of amides is 2. The molecule has 0 N–H and O–H groups in total. The molecule has 6 heteroatoms. The van der Waals surface area contributed by atoms with E-state index in [4.69, 9.17) is 4.74 Å². The number of hydrogen-bond donors (Lipinski definition) is 0. The molecule has 1 aromatic carbocycles. The summed E-state index contributed by atoms with van der Waals surface area (Å²) in [6, 6.07) is 14.5. The number of rotatable bonds is 16. The van der Waals surface area contributed by atoms with Gasteiger partial charge in [-0.3, -0.25) is 9.59 Å². The van der Waals surface area contributed by atoms with Gasteiger partial charge < -0.3 is 19.1 Å². The van der Waals surface area contributed by atoms with Crippen LogP contribution >= 0.6 is 0 Å². The molecule has 2 rings (SSSR count). The summed E-state index contributed by atoms with van der Waals surface area (Å²) in [5.41, 5.74) is 2.31. The van der Waals surface area contributed by atoms with E-state index in [9.17, 15) is 9.59 Å². The Balaban J connectivity index is 2.06. The second-order valence-corrected chi connectivity index (χ2v) is 9.20. The van der Waals surface area contributed by atoms with Crippen LogP contribution in [0.5, 0.6) is 0 Å². The van der Waals surface area contributed by atoms with E-state index in [0.717, 1.165) is 44.3 Å². The third-order valence-corrected chi connectivity index (χ3v) is 6.09. The second kappa shape index (κ2) is 15.3. The third kappa shape index (κ3) is 9.34. The van der Waals surface area contributed by atoms with Crippen molar-refractivity contribution in [1.29, 1.82) is 0 Å². The van der Waals surface area contributed by atoms with Crippen molar-refractivity contribution in [2.75, 3.05) is 26.8 Å². The fourth-order valence-corrected chi connectivity index (χ4v) is 4.07. The smallest absolute Gasteiger partial charge is 0.242 e. The SMILES string of the molecule is CCCCCCC(=O)N(CCCOC)CC(=O)N(Cc1cccn1Cc1ccccc1)C(C)C. The molecule has 0 aliphatic rings. The van der Waals surface area contributed by atoms with Gasteiger partial charge in [0.25, 0.3) is 0 Å². The van der Waals surface area contributed by atoms with Crippen LogP contribution in [-0.2, 0) is 27.4 Å². The van der Waals surface area contributed by atoms with E-state index >= 15 is 0 Å². The van der Waals surface area contributed by atoms with Crippen LogP contribution < -0.4 is 0 Å². The lowest BCUT2D eigenvalue weighted by Crippen LogP contribution is -2.45. The summed E-state index contributed by atoms with van der Waals surface area (Å²) in [5.74, 6) is 0.0542. The Kier molecular flexibility index (Phi) is 12.5. The first-order valence-corrected chi connectivity index (χ1v) is 12.7. The highest BCUT2D eigenvalue weighted by Gasteiger charge is 2.23. The highest BCUT2D eigenvalue weighted by Crippen LogP contribution is 2.14. The monoisotopic (exact) mass is 469 g/mol. The number of benzene rings is 1. The van der Waals surface area contributed by atoms with Gasteiger partial charge in [-0.1, -0.05) is 56.5 Å². The predicted octanol–water partition coefficient (Wildman–Crippen LogP) is 5.11. The Labute approximate surface area is 205 Å². The van der Waals surface area contributed by atoms with E-state index in [0.29, 0.717) is 26.1 Å². The number of nitrogens with zero attached hydrogens (tertiary/aromatic N) is 3. The first-order valence-electron chi connectivity index (χ1n) is 12.7. The summed E-state index contributed by atoms with van der Waals surface area (Å²) >= 11 is 0. The third-order valence-electron chi connectivity index (χ3n) is 6.09. The molecule has 1 heterocycles. The molecule has 0 atom stereocenters. The molecule has 0 aliphatic carbocycles. The summed E-state index contributed by atoms with van der Waals surface area (Å²) < 4.78 is 7.36. The minimum absolute atomic E-state index is 0.0122. The Morgan fingerprint density at radius 3 is 2.41 bits per heavy atom. The van der Waals surface area contributed by atoms with Crippen molar-refractivity contribution in [3.05, 3.63) is 59.9 Å². The molecule has 1 aromatic heterocycles. The van der Waals surface area contributed by atoms with E-state index < -0.39 is 0 Å². The Morgan fingerprint density at radius 1 is 0.971 bits per heavy atom. The van der Waals surface area contributed by atoms with E-state index in [-0.39, 0.29) is 24.4 Å². The summed E-state index contributed by atoms with van der Waals surface area (Å²) in [7, 11) is 1.66. The molecular formula is C28H43N3O3. The van der Waals surface area contributed by atoms with E-state index in [1.165, 1.54) is 5.56 Å². The summed E-state index contributed by atoms with van der Waals surface area (Å²) in [6.07, 6.45) is 7.50. The topological polar surface area (TPSA) is 54.8 Å². The molecule has 2 aromatic rings. The maximum atomic E-state index is 13.4. The van der Waals surface area contributed by atoms with Crippen molar-refractivity contribution >= 4 is 11.8 Å². The van der Waals surface area contributed by atoms with Gasteiger partial charge in [0, 0.05) is 51.2 Å². The molecule has 0 bridgehead atoms. The molecule has 2 amide bonds. The van der Waals surface area contributed by atoms with Crippen LogP contribution in [0.3, 0.4) is 0 Å². The zero-order chi connectivity index (χ0) is 24.8. The zero-order valence-electron chi connectivity index (χ0n) is 21.5. The van der Waals surface area contributed by atoms with E-state index in [1.54, 1.807) is 12.0 Å². The van der Waals surface area contributed by atoms with Gasteiger partial charge in [0.2, 0.25) is 11.8 Å². The molecular weight excluding hydrogens is 426 g/mol. The van der Waals surface area contributed by atoms with Gasteiger partial charge in [-0.15, -0.1) is 0 Å². The minimum Gasteiger partial charge on any atom is -0.385 e. The van der Waals surface area contributed by atoms with Crippen molar-refractivity contribution in [2.24, 2.45) is 0 Å². The van der Waals surface area contributed by atoms with Gasteiger partial charge in [0.1, 0.15) is 0 Å². The van der Waals surface area contributed by atoms with Crippen molar-refractivity contribution < 1.29 is 14.3 Å². The van der Waals surface area contributed by atoms with Gasteiger partial charge in [-0.2, -0.15) is 0 Å². The van der Waals surface area contributed by atoms with Crippen LogP contribution in [0.25, 0.3) is 0 Å². The standard InChI is InChI=1S/C28H43N3O3/c1-5-6-7-11-17-27(32)30(19-13-20-34-4)23-28(33)31(24(2)3)22-26-16-12-18-29(26)21-25-14-9-8-10-15-25/h8-10,12,14-16,18,24H,5-7,11,13,17,19-23H2,1-4H3. The Hall–Kier alpha value is -2.60. The van der Waals surface area contributed by atoms with Crippen molar-refractivity contribution in [1.82, 2.24) is 14.4 Å². The van der Waals surface area contributed by atoms with Gasteiger partial charge in [0.05, 0.1) is 13.1 Å². The quantitative estimate of drug-likeness (QED) is 0.321. The largest absolute Gasteiger partial charge is 0.385 e. The number of unbranched alkanes of at least 4 members (excludes halogenated alkanes) is 3. The molecule has 6 nitrogen and oxygen atoms in total. The fraction of sp³-hybridized carbons (Fsp3) is 0.571. The summed E-state index contributed by atoms with van der Waals surface area (Å²) in [5, 5.41) is 0. The zero-order valence-corrected chi connectivity index (χ0v) is 21.5. The van der Waals surface area contributed by atoms with Crippen LogP contribution in [0.1, 0.15) is 70.6 Å². The van der Waals surface area contributed by atoms with Crippen LogP contribution in [0, 0.1) is 0 Å². The summed E-state index contributed by atoms with van der Waals surface area (Å²) in [6.45, 7) is 8.75. The molecule has 0 unspecified atom stereocenters. The second-order valence-electron chi connectivity index (χ2n) is 9.20. The lowest BCUT2D eigenvalue weighted by atomic mass is 10.1. The molecule has 0 fully saturated rings. The van der Waals surface area contributed by atoms with Crippen molar-refractivity contribution in [3.63, 3.8) is 0 Å². The highest BCUT2D eigenvalue weighted by molar-refractivity contribution is 5.85. The first-order chi connectivity index (χ1) is 16.5. The van der Waals surface area contributed by atoms with E-state index in [1.807, 2.05) is 43.0 Å². The maximum absolute atomic E-state index is 13.4. The maximum Gasteiger partial charge on any atom is 0.242 e. The van der Waals surface area contributed by atoms with Crippen LogP contribution in [0.4, 0.5) is 0 Å². The minimum atomic E-state index is -0.0122. The highest BCUT2D eigenvalue weighted by atomic mass is 16.5. The lowest BCUT2D eigenvalue weighted by molar-refractivity contribution is -0.142. The molecule has 34 heavy (non-hydrogen) atoms. The molecule has 0 spiro atoms. The van der Waals surface area contributed by atoms with Gasteiger partial charge in [0.15, 0.2) is 0 Å². The Morgan fingerprint density at radius 2 is 1.74 bits per heavy atom. The predicted molar refractivity (Wildman–Crippen MR) is 137 cm³/mol. The number of aromatic nitrogens is 1. The number of methoxy groups -OCH3 is 1. The normalized spacial score (nSPS) is 11.1. The van der Waals surface area contributed by atoms with Crippen molar-refractivity contribution in [3.8, 4) is 0 Å².